The van der Waals surface area contributed by atoms with Crippen LogP contribution in [0.25, 0.3) is 0 Å². The molecular formula is C10H22ClNO2Si. The molecule has 90 valence electrons. The van der Waals surface area contributed by atoms with Crippen molar-refractivity contribution >= 4 is 25.1 Å². The summed E-state index contributed by atoms with van der Waals surface area (Å²) in [5, 5.41) is 11.9. The van der Waals surface area contributed by atoms with E-state index in [9.17, 15) is 0 Å². The number of hydrogen-bond acceptors (Lipinski definition) is 3. The van der Waals surface area contributed by atoms with Crippen LogP contribution in [0.15, 0.2) is 5.16 Å². The highest BCUT2D eigenvalue weighted by Crippen LogP contribution is 2.36. The molecule has 0 spiro atoms. The predicted molar refractivity (Wildman–Crippen MR) is 67.4 cm³/mol. The van der Waals surface area contributed by atoms with Crippen LogP contribution in [0.3, 0.4) is 0 Å². The average Bonchev–Trinajstić information content (AvgIpc) is 2.11. The standard InChI is InChI=1S/C10H22ClNO2Si/c1-8(9(11)12-13)7-14-15(5,6)10(2,3)4/h8,13H,7H2,1-6H3/b12-9+/t8-/m0/s1. The molecule has 0 saturated carbocycles. The summed E-state index contributed by atoms with van der Waals surface area (Å²) in [6.45, 7) is 13.3. The topological polar surface area (TPSA) is 41.8 Å². The van der Waals surface area contributed by atoms with Crippen molar-refractivity contribution in [1.82, 2.24) is 0 Å². The normalized spacial score (nSPS) is 16.6. The fraction of sp³-hybridized carbons (Fsp3) is 0.900. The van der Waals surface area contributed by atoms with Crippen molar-refractivity contribution in [1.29, 1.82) is 0 Å². The second-order valence-corrected chi connectivity index (χ2v) is 10.6. The largest absolute Gasteiger partial charge is 0.416 e. The van der Waals surface area contributed by atoms with Crippen molar-refractivity contribution in [3.8, 4) is 0 Å². The first-order chi connectivity index (χ1) is 6.62. The van der Waals surface area contributed by atoms with Crippen molar-refractivity contribution in [2.75, 3.05) is 6.61 Å². The Bertz CT molecular complexity index is 236. The Balaban J connectivity index is 4.28. The van der Waals surface area contributed by atoms with Crippen molar-refractivity contribution in [2.24, 2.45) is 11.1 Å². The lowest BCUT2D eigenvalue weighted by molar-refractivity contribution is 0.261. The van der Waals surface area contributed by atoms with Crippen molar-refractivity contribution in [2.45, 2.75) is 45.8 Å². The van der Waals surface area contributed by atoms with Gasteiger partial charge in [0, 0.05) is 12.5 Å². The fourth-order valence-electron chi connectivity index (χ4n) is 0.717. The maximum absolute atomic E-state index is 8.51. The highest BCUT2D eigenvalue weighted by molar-refractivity contribution is 6.74. The molecule has 0 heterocycles. The molecule has 0 aromatic heterocycles. The maximum Gasteiger partial charge on any atom is 0.192 e. The molecule has 3 nitrogen and oxygen atoms in total. The van der Waals surface area contributed by atoms with Crippen LogP contribution in [-0.4, -0.2) is 25.3 Å². The molecule has 0 radical (unpaired) electrons. The third-order valence-electron chi connectivity index (χ3n) is 3.00. The Labute approximate surface area is 98.6 Å². The first-order valence-electron chi connectivity index (χ1n) is 5.13. The van der Waals surface area contributed by atoms with Crippen LogP contribution in [0.5, 0.6) is 0 Å². The molecule has 5 heteroatoms. The molecule has 0 aliphatic heterocycles. The molecule has 1 N–H and O–H groups in total. The summed E-state index contributed by atoms with van der Waals surface area (Å²) in [6.07, 6.45) is 0. The van der Waals surface area contributed by atoms with Gasteiger partial charge in [0.15, 0.2) is 8.32 Å². The minimum atomic E-state index is -1.72. The number of nitrogens with zero attached hydrogens (tertiary/aromatic N) is 1. The highest BCUT2D eigenvalue weighted by Gasteiger charge is 2.37. The van der Waals surface area contributed by atoms with E-state index in [4.69, 9.17) is 21.2 Å². The minimum Gasteiger partial charge on any atom is -0.416 e. The van der Waals surface area contributed by atoms with Gasteiger partial charge >= 0.3 is 0 Å². The summed E-state index contributed by atoms with van der Waals surface area (Å²) >= 11 is 5.69. The summed E-state index contributed by atoms with van der Waals surface area (Å²) in [5.74, 6) is -0.0502. The van der Waals surface area contributed by atoms with Crippen LogP contribution < -0.4 is 0 Å². The van der Waals surface area contributed by atoms with Crippen LogP contribution in [0, 0.1) is 5.92 Å². The number of oxime groups is 1. The molecular weight excluding hydrogens is 230 g/mol. The van der Waals surface area contributed by atoms with E-state index in [0.717, 1.165) is 0 Å². The molecule has 0 amide bonds. The quantitative estimate of drug-likeness (QED) is 0.359. The van der Waals surface area contributed by atoms with E-state index in [2.05, 4.69) is 39.0 Å². The van der Waals surface area contributed by atoms with Gasteiger partial charge in [-0.25, -0.2) is 0 Å². The zero-order chi connectivity index (χ0) is 12.3. The monoisotopic (exact) mass is 251 g/mol. The van der Waals surface area contributed by atoms with Gasteiger partial charge in [0.1, 0.15) is 5.17 Å². The molecule has 0 aromatic carbocycles. The lowest BCUT2D eigenvalue weighted by atomic mass is 10.2. The molecule has 0 rings (SSSR count). The fourth-order valence-corrected chi connectivity index (χ4v) is 1.88. The first-order valence-corrected chi connectivity index (χ1v) is 8.42. The number of hydrogen-bond donors (Lipinski definition) is 1. The molecule has 0 aliphatic carbocycles. The molecule has 0 fully saturated rings. The van der Waals surface area contributed by atoms with Gasteiger partial charge in [-0.05, 0) is 18.1 Å². The molecule has 0 saturated heterocycles. The zero-order valence-corrected chi connectivity index (χ0v) is 12.2. The van der Waals surface area contributed by atoms with E-state index in [0.29, 0.717) is 6.61 Å². The third kappa shape index (κ3) is 4.53. The summed E-state index contributed by atoms with van der Waals surface area (Å²) in [4.78, 5) is 0. The van der Waals surface area contributed by atoms with Crippen molar-refractivity contribution < 1.29 is 9.63 Å². The molecule has 0 aromatic rings. The van der Waals surface area contributed by atoms with Gasteiger partial charge in [0.2, 0.25) is 0 Å². The van der Waals surface area contributed by atoms with Gasteiger partial charge in [-0.1, -0.05) is 44.5 Å². The van der Waals surface area contributed by atoms with Crippen LogP contribution in [0.1, 0.15) is 27.7 Å². The van der Waals surface area contributed by atoms with Gasteiger partial charge < -0.3 is 9.63 Å². The van der Waals surface area contributed by atoms with Gasteiger partial charge in [0.25, 0.3) is 0 Å². The van der Waals surface area contributed by atoms with Crippen molar-refractivity contribution in [3.05, 3.63) is 0 Å². The van der Waals surface area contributed by atoms with Crippen molar-refractivity contribution in [3.63, 3.8) is 0 Å². The molecule has 0 unspecified atom stereocenters. The molecule has 0 bridgehead atoms. The van der Waals surface area contributed by atoms with E-state index in [-0.39, 0.29) is 16.1 Å². The highest BCUT2D eigenvalue weighted by atomic mass is 35.5. The second kappa shape index (κ2) is 5.32. The van der Waals surface area contributed by atoms with Gasteiger partial charge in [-0.15, -0.1) is 0 Å². The van der Waals surface area contributed by atoms with E-state index >= 15 is 0 Å². The Hall–Kier alpha value is -0.0631. The third-order valence-corrected chi connectivity index (χ3v) is 7.95. The van der Waals surface area contributed by atoms with Gasteiger partial charge in [-0.3, -0.25) is 0 Å². The van der Waals surface area contributed by atoms with E-state index in [1.807, 2.05) is 6.92 Å². The molecule has 1 atom stereocenters. The van der Waals surface area contributed by atoms with Gasteiger partial charge in [-0.2, -0.15) is 0 Å². The SMILES string of the molecule is C[C@@H](CO[Si](C)(C)C(C)(C)C)/C(Cl)=N\O. The Morgan fingerprint density at radius 2 is 1.93 bits per heavy atom. The van der Waals surface area contributed by atoms with Crippen LogP contribution in [0.2, 0.25) is 18.1 Å². The zero-order valence-electron chi connectivity index (χ0n) is 10.5. The summed E-state index contributed by atoms with van der Waals surface area (Å²) in [6, 6.07) is 0. The number of halogens is 1. The Morgan fingerprint density at radius 3 is 2.27 bits per heavy atom. The Kier molecular flexibility index (Phi) is 5.30. The minimum absolute atomic E-state index is 0.0502. The second-order valence-electron chi connectivity index (χ2n) is 5.40. The summed E-state index contributed by atoms with van der Waals surface area (Å²) < 4.78 is 5.94. The lowest BCUT2D eigenvalue weighted by Gasteiger charge is -2.36. The Morgan fingerprint density at radius 1 is 1.47 bits per heavy atom. The van der Waals surface area contributed by atoms with Gasteiger partial charge in [0.05, 0.1) is 0 Å². The molecule has 0 aliphatic rings. The van der Waals surface area contributed by atoms with E-state index in [1.165, 1.54) is 0 Å². The van der Waals surface area contributed by atoms with Crippen LogP contribution in [0.4, 0.5) is 0 Å². The van der Waals surface area contributed by atoms with E-state index in [1.54, 1.807) is 0 Å². The smallest absolute Gasteiger partial charge is 0.192 e. The summed E-state index contributed by atoms with van der Waals surface area (Å²) in [7, 11) is -1.72. The molecule has 15 heavy (non-hydrogen) atoms. The number of rotatable bonds is 4. The van der Waals surface area contributed by atoms with E-state index < -0.39 is 8.32 Å². The van der Waals surface area contributed by atoms with Crippen LogP contribution in [-0.2, 0) is 4.43 Å². The summed E-state index contributed by atoms with van der Waals surface area (Å²) in [5.41, 5.74) is 0. The lowest BCUT2D eigenvalue weighted by Crippen LogP contribution is -2.42. The average molecular weight is 252 g/mol. The van der Waals surface area contributed by atoms with Crippen LogP contribution >= 0.6 is 11.6 Å². The maximum atomic E-state index is 8.51. The predicted octanol–water partition coefficient (Wildman–Crippen LogP) is 3.67. The first kappa shape index (κ1) is 14.9.